The van der Waals surface area contributed by atoms with Crippen LogP contribution in [0, 0.1) is 12.2 Å². The third kappa shape index (κ3) is 6.11. The van der Waals surface area contributed by atoms with Crippen molar-refractivity contribution in [2.45, 2.75) is 59.3 Å². The van der Waals surface area contributed by atoms with Gasteiger partial charge in [0.25, 0.3) is 0 Å². The van der Waals surface area contributed by atoms with E-state index in [9.17, 15) is 0 Å². The van der Waals surface area contributed by atoms with Crippen molar-refractivity contribution in [1.82, 2.24) is 0 Å². The quantitative estimate of drug-likeness (QED) is 0.274. The Morgan fingerprint density at radius 2 is 1.86 bits per heavy atom. The third-order valence-electron chi connectivity index (χ3n) is 4.42. The predicted molar refractivity (Wildman–Crippen MR) is 127 cm³/mol. The van der Waals surface area contributed by atoms with Crippen molar-refractivity contribution in [3.8, 4) is 0 Å². The molecule has 0 N–H and O–H groups in total. The van der Waals surface area contributed by atoms with Crippen LogP contribution < -0.4 is 0 Å². The Morgan fingerprint density at radius 1 is 1.21 bits per heavy atom. The summed E-state index contributed by atoms with van der Waals surface area (Å²) < 4.78 is 1.51. The van der Waals surface area contributed by atoms with Gasteiger partial charge in [0.1, 0.15) is 0 Å². The molecule has 0 saturated heterocycles. The number of hydrogen-bond acceptors (Lipinski definition) is 1. The number of rotatable bonds is 1. The molecule has 146 valence electrons. The average Bonchev–Trinajstić information content (AvgIpc) is 3.25. The molecule has 0 aromatic carbocycles. The molecule has 1 heterocycles. The van der Waals surface area contributed by atoms with Crippen LogP contribution in [0.15, 0.2) is 69.0 Å². The molecule has 4 aliphatic rings. The van der Waals surface area contributed by atoms with E-state index in [2.05, 4.69) is 97.3 Å². The van der Waals surface area contributed by atoms with Gasteiger partial charge < -0.3 is 0 Å². The van der Waals surface area contributed by atoms with Crippen molar-refractivity contribution >= 4 is 22.9 Å². The second kappa shape index (κ2) is 10.2. The van der Waals surface area contributed by atoms with Crippen molar-refractivity contribution in [2.24, 2.45) is 0 Å². The summed E-state index contributed by atoms with van der Waals surface area (Å²) in [5, 5.41) is 2.00. The molecule has 0 bridgehead atoms. The minimum atomic E-state index is -0.0292. The Kier molecular flexibility index (Phi) is 8.70. The van der Waals surface area contributed by atoms with Gasteiger partial charge in [-0.15, -0.1) is 48.2 Å². The maximum absolute atomic E-state index is 3.45. The van der Waals surface area contributed by atoms with E-state index in [0.29, 0.717) is 5.16 Å². The predicted octanol–water partition coefficient (Wildman–Crippen LogP) is 7.46. The molecule has 0 aromatic rings. The van der Waals surface area contributed by atoms with Crippen LogP contribution in [0.25, 0.3) is 0 Å². The molecule has 0 nitrogen and oxygen atoms in total. The van der Waals surface area contributed by atoms with Crippen LogP contribution in [0.3, 0.4) is 0 Å². The summed E-state index contributed by atoms with van der Waals surface area (Å²) in [6.45, 7) is 15.8. The van der Waals surface area contributed by atoms with E-state index >= 15 is 0 Å². The van der Waals surface area contributed by atoms with Crippen LogP contribution in [0.4, 0.5) is 0 Å². The van der Waals surface area contributed by atoms with Gasteiger partial charge >= 0.3 is 41.3 Å². The zero-order valence-corrected chi connectivity index (χ0v) is 22.6. The van der Waals surface area contributed by atoms with Crippen molar-refractivity contribution in [3.05, 3.63) is 81.1 Å². The van der Waals surface area contributed by atoms with Crippen LogP contribution in [0.2, 0.25) is 0 Å². The molecule has 0 amide bonds. The van der Waals surface area contributed by atoms with Crippen molar-refractivity contribution in [3.63, 3.8) is 0 Å². The molecule has 2 unspecified atom stereocenters. The van der Waals surface area contributed by atoms with E-state index in [1.807, 2.05) is 6.08 Å². The van der Waals surface area contributed by atoms with Crippen molar-refractivity contribution in [2.75, 3.05) is 6.26 Å². The number of hydrogen-bond donors (Lipinski definition) is 0. The van der Waals surface area contributed by atoms with E-state index < -0.39 is 0 Å². The van der Waals surface area contributed by atoms with E-state index in [1.54, 1.807) is 41.3 Å². The van der Waals surface area contributed by atoms with Gasteiger partial charge in [-0.05, 0) is 17.1 Å². The molecule has 4 rings (SSSR count). The summed E-state index contributed by atoms with van der Waals surface area (Å²) >= 11 is 3.33. The van der Waals surface area contributed by atoms with Gasteiger partial charge in [-0.1, -0.05) is 45.6 Å². The molecule has 3 aliphatic carbocycles. The molecular weight excluding hydrogens is 455 g/mol. The molecule has 0 spiro atoms. The summed E-state index contributed by atoms with van der Waals surface area (Å²) in [4.78, 5) is 1.33. The van der Waals surface area contributed by atoms with Crippen LogP contribution in [-0.4, -0.2) is 20.3 Å². The normalized spacial score (nSPS) is 23.8. The van der Waals surface area contributed by atoms with Gasteiger partial charge in [0.2, 0.25) is 0 Å². The molecule has 1 aliphatic heterocycles. The first-order valence-corrected chi connectivity index (χ1v) is 13.5. The topological polar surface area (TPSA) is 0 Å². The van der Waals surface area contributed by atoms with E-state index in [0.717, 1.165) is 5.66 Å². The van der Waals surface area contributed by atoms with Crippen molar-refractivity contribution < 1.29 is 24.2 Å². The molecule has 3 heteroatoms. The summed E-state index contributed by atoms with van der Waals surface area (Å²) in [5.41, 5.74) is 6.00. The second-order valence-corrected chi connectivity index (χ2v) is 15.1. The monoisotopic (exact) mass is 484 g/mol. The first-order valence-electron chi connectivity index (χ1n) is 9.67. The molecule has 0 aromatic heterocycles. The summed E-state index contributed by atoms with van der Waals surface area (Å²) in [6.07, 6.45) is 21.8. The van der Waals surface area contributed by atoms with Gasteiger partial charge in [0.15, 0.2) is 0 Å². The van der Waals surface area contributed by atoms with Crippen LogP contribution in [-0.2, 0) is 24.2 Å². The Hall–Kier alpha value is -0.287. The van der Waals surface area contributed by atoms with Crippen LogP contribution in [0.1, 0.15) is 48.5 Å². The van der Waals surface area contributed by atoms with Gasteiger partial charge in [-0.25, -0.2) is 0 Å². The van der Waals surface area contributed by atoms with Crippen LogP contribution in [0.5, 0.6) is 0 Å². The molecule has 0 saturated carbocycles. The Balaban J connectivity index is 0.000000175. The first-order chi connectivity index (χ1) is 13.0. The van der Waals surface area contributed by atoms with E-state index in [-0.39, 0.29) is 7.92 Å². The summed E-state index contributed by atoms with van der Waals surface area (Å²) in [7, 11) is -0.0292. The zero-order chi connectivity index (χ0) is 21.1. The fourth-order valence-electron chi connectivity index (χ4n) is 3.58. The molecule has 28 heavy (non-hydrogen) atoms. The zero-order valence-electron chi connectivity index (χ0n) is 18.4. The molecule has 2 atom stereocenters. The summed E-state index contributed by atoms with van der Waals surface area (Å²) in [5.74, 6) is 0. The molecule has 0 radical (unpaired) electrons. The van der Waals surface area contributed by atoms with Crippen molar-refractivity contribution in [1.29, 1.82) is 0 Å². The fraction of sp³-hybridized carbons (Fsp3) is 0.400. The number of allylic oxidation sites excluding steroid dienone is 13. The van der Waals surface area contributed by atoms with Gasteiger partial charge in [-0.2, -0.15) is 41.6 Å². The van der Waals surface area contributed by atoms with Gasteiger partial charge in [0, 0.05) is 0 Å². The Bertz CT molecular complexity index is 849. The molecule has 0 fully saturated rings. The van der Waals surface area contributed by atoms with Gasteiger partial charge in [-0.3, -0.25) is 0 Å². The third-order valence-corrected chi connectivity index (χ3v) is 8.50. The van der Waals surface area contributed by atoms with E-state index in [1.165, 1.54) is 30.4 Å². The van der Waals surface area contributed by atoms with Crippen LogP contribution >= 0.6 is 19.7 Å². The van der Waals surface area contributed by atoms with Gasteiger partial charge in [0.05, 0.1) is 0 Å². The standard InChI is InChI=1S/C13H18P.C9H7S.C3H6.Zr/c1-9-6-11-8-10(2)14(12(11)7-9)13(3,4)5;1-10-9-6-5-7-3-2-4-8(7)9;1-3-2;/h7-8,10H,1-5H3;2-3,5-6H,1H3;1-2H3;/q2*-1;;+2. The summed E-state index contributed by atoms with van der Waals surface area (Å²) in [6, 6.07) is 0. The first kappa shape index (κ1) is 24.0. The second-order valence-electron chi connectivity index (χ2n) is 8.41. The Labute approximate surface area is 192 Å². The van der Waals surface area contributed by atoms with E-state index in [4.69, 9.17) is 0 Å². The maximum atomic E-state index is 3.45. The average molecular weight is 486 g/mol. The fourth-order valence-corrected chi connectivity index (χ4v) is 7.57. The SMILES string of the molecule is CC1=[C-]C2=CC(C)P(C(C)(C)C)C2=C1.CSC1=C2[C-]=CC=C2C=C1.C[C](C)=[Zr+2]. The number of fused-ring (bicyclic) bond motifs is 2. The molecular formula is C25H31PSZr. The number of thioether (sulfide) groups is 1. The Morgan fingerprint density at radius 3 is 2.43 bits per heavy atom. The minimum absolute atomic E-state index is 0.0292.